The molecule has 0 radical (unpaired) electrons. The van der Waals surface area contributed by atoms with Crippen molar-refractivity contribution >= 4 is 15.8 Å². The molecule has 0 unspecified atom stereocenters. The van der Waals surface area contributed by atoms with Crippen LogP contribution < -0.4 is 0 Å². The molecule has 0 saturated carbocycles. The van der Waals surface area contributed by atoms with Gasteiger partial charge in [0.05, 0.1) is 4.90 Å². The topological polar surface area (TPSA) is 54.5 Å². The zero-order valence-corrected chi connectivity index (χ0v) is 14.1. The van der Waals surface area contributed by atoms with E-state index >= 15 is 0 Å². The molecule has 4 nitrogen and oxygen atoms in total. The lowest BCUT2D eigenvalue weighted by molar-refractivity contribution is 0.0956. The van der Waals surface area contributed by atoms with E-state index in [9.17, 15) is 13.2 Å². The molecule has 124 valence electrons. The Kier molecular flexibility index (Phi) is 3.58. The summed E-state index contributed by atoms with van der Waals surface area (Å²) in [5.41, 5.74) is 1.74. The first-order valence-electron chi connectivity index (χ1n) is 8.21. The molecule has 5 heteroatoms. The van der Waals surface area contributed by atoms with Gasteiger partial charge in [-0.2, -0.15) is 4.31 Å². The molecule has 0 aromatic heterocycles. The number of Topliss-reactive ketones (excluding diaryl/α,β-unsaturated/α-hetero) is 1. The van der Waals surface area contributed by atoms with Crippen molar-refractivity contribution in [2.45, 2.75) is 29.6 Å². The number of nitrogens with zero attached hydrogens (tertiary/aromatic N) is 1. The van der Waals surface area contributed by atoms with E-state index in [4.69, 9.17) is 0 Å². The van der Waals surface area contributed by atoms with Gasteiger partial charge < -0.3 is 0 Å². The van der Waals surface area contributed by atoms with Crippen LogP contribution in [0.5, 0.6) is 0 Å². The maximum atomic E-state index is 12.8. The molecule has 0 bridgehead atoms. The van der Waals surface area contributed by atoms with Crippen LogP contribution in [0.15, 0.2) is 59.5 Å². The minimum absolute atomic E-state index is 0.184. The van der Waals surface area contributed by atoms with Crippen molar-refractivity contribution in [2.75, 3.05) is 13.1 Å². The Hall–Kier alpha value is -1.98. The van der Waals surface area contributed by atoms with E-state index in [1.807, 2.05) is 30.3 Å². The third-order valence-electron chi connectivity index (χ3n) is 5.36. The van der Waals surface area contributed by atoms with Crippen molar-refractivity contribution in [3.63, 3.8) is 0 Å². The number of fused-ring (bicyclic) bond motifs is 2. The number of benzene rings is 2. The largest absolute Gasteiger partial charge is 0.294 e. The Morgan fingerprint density at radius 1 is 0.875 bits per heavy atom. The van der Waals surface area contributed by atoms with Crippen LogP contribution in [0.2, 0.25) is 0 Å². The Bertz CT molecular complexity index is 882. The van der Waals surface area contributed by atoms with Crippen LogP contribution in [0.25, 0.3) is 0 Å². The Morgan fingerprint density at radius 2 is 1.50 bits per heavy atom. The predicted octanol–water partition coefficient (Wildman–Crippen LogP) is 3.00. The van der Waals surface area contributed by atoms with Crippen molar-refractivity contribution in [3.8, 4) is 0 Å². The SMILES string of the molecule is O=C1CC2(CCN(S(=O)(=O)c3ccccc3)CC2)c2ccccc21. The van der Waals surface area contributed by atoms with Gasteiger partial charge in [0.15, 0.2) is 5.78 Å². The molecule has 1 fully saturated rings. The van der Waals surface area contributed by atoms with Gasteiger partial charge in [0, 0.05) is 30.5 Å². The van der Waals surface area contributed by atoms with E-state index in [0.717, 1.165) is 11.1 Å². The maximum absolute atomic E-state index is 12.8. The number of rotatable bonds is 2. The van der Waals surface area contributed by atoms with Crippen molar-refractivity contribution in [3.05, 3.63) is 65.7 Å². The number of hydrogen-bond acceptors (Lipinski definition) is 3. The third-order valence-corrected chi connectivity index (χ3v) is 7.27. The first-order chi connectivity index (χ1) is 11.5. The van der Waals surface area contributed by atoms with Crippen LogP contribution in [0, 0.1) is 0 Å². The summed E-state index contributed by atoms with van der Waals surface area (Å²) in [6, 6.07) is 16.3. The highest BCUT2D eigenvalue weighted by Gasteiger charge is 2.46. The van der Waals surface area contributed by atoms with Crippen molar-refractivity contribution in [1.29, 1.82) is 0 Å². The van der Waals surface area contributed by atoms with Crippen LogP contribution in [-0.4, -0.2) is 31.6 Å². The normalized spacial score (nSPS) is 20.2. The molecule has 1 spiro atoms. The summed E-state index contributed by atoms with van der Waals surface area (Å²) < 4.78 is 27.1. The minimum Gasteiger partial charge on any atom is -0.294 e. The number of piperidine rings is 1. The quantitative estimate of drug-likeness (QED) is 0.844. The number of carbonyl (C=O) groups excluding carboxylic acids is 1. The first-order valence-corrected chi connectivity index (χ1v) is 9.65. The summed E-state index contributed by atoms with van der Waals surface area (Å²) in [4.78, 5) is 12.6. The number of hydrogen-bond donors (Lipinski definition) is 0. The standard InChI is InChI=1S/C19H19NO3S/c21-18-14-19(17-9-5-4-8-16(17)18)10-12-20(13-11-19)24(22,23)15-6-2-1-3-7-15/h1-9H,10-14H2. The van der Waals surface area contributed by atoms with Gasteiger partial charge in [-0.3, -0.25) is 4.79 Å². The average Bonchev–Trinajstić information content (AvgIpc) is 2.89. The molecule has 1 aliphatic carbocycles. The zero-order chi connectivity index (χ0) is 16.8. The van der Waals surface area contributed by atoms with Crippen molar-refractivity contribution in [1.82, 2.24) is 4.31 Å². The van der Waals surface area contributed by atoms with Gasteiger partial charge in [-0.05, 0) is 30.5 Å². The van der Waals surface area contributed by atoms with E-state index in [2.05, 4.69) is 0 Å². The van der Waals surface area contributed by atoms with Crippen LogP contribution in [0.1, 0.15) is 35.2 Å². The van der Waals surface area contributed by atoms with Crippen LogP contribution in [0.3, 0.4) is 0 Å². The van der Waals surface area contributed by atoms with E-state index < -0.39 is 10.0 Å². The summed E-state index contributed by atoms with van der Waals surface area (Å²) in [6.07, 6.45) is 1.90. The fourth-order valence-electron chi connectivity index (χ4n) is 4.03. The first kappa shape index (κ1) is 15.5. The highest BCUT2D eigenvalue weighted by Crippen LogP contribution is 2.46. The number of ketones is 1. The molecule has 24 heavy (non-hydrogen) atoms. The van der Waals surface area contributed by atoms with Crippen molar-refractivity contribution < 1.29 is 13.2 Å². The van der Waals surface area contributed by atoms with Gasteiger partial charge in [0.1, 0.15) is 0 Å². The maximum Gasteiger partial charge on any atom is 0.243 e. The minimum atomic E-state index is -3.45. The second kappa shape index (κ2) is 5.53. The Labute approximate surface area is 142 Å². The molecular formula is C19H19NO3S. The summed E-state index contributed by atoms with van der Waals surface area (Å²) in [5.74, 6) is 0.185. The van der Waals surface area contributed by atoms with Gasteiger partial charge in [-0.1, -0.05) is 42.5 Å². The van der Waals surface area contributed by atoms with Gasteiger partial charge in [0.25, 0.3) is 0 Å². The van der Waals surface area contributed by atoms with E-state index in [1.54, 1.807) is 28.6 Å². The fourth-order valence-corrected chi connectivity index (χ4v) is 5.49. The summed E-state index contributed by atoms with van der Waals surface area (Å²) in [7, 11) is -3.45. The molecule has 0 atom stereocenters. The molecule has 0 N–H and O–H groups in total. The predicted molar refractivity (Wildman–Crippen MR) is 91.5 cm³/mol. The zero-order valence-electron chi connectivity index (χ0n) is 13.3. The lowest BCUT2D eigenvalue weighted by Gasteiger charge is -2.39. The van der Waals surface area contributed by atoms with E-state index in [0.29, 0.717) is 37.2 Å². The van der Waals surface area contributed by atoms with Crippen LogP contribution >= 0.6 is 0 Å². The van der Waals surface area contributed by atoms with Gasteiger partial charge in [-0.15, -0.1) is 0 Å². The molecule has 0 amide bonds. The summed E-state index contributed by atoms with van der Waals surface area (Å²) >= 11 is 0. The molecular weight excluding hydrogens is 322 g/mol. The van der Waals surface area contributed by atoms with Gasteiger partial charge in [0.2, 0.25) is 10.0 Å². The molecule has 4 rings (SSSR count). The van der Waals surface area contributed by atoms with Crippen molar-refractivity contribution in [2.24, 2.45) is 0 Å². The Morgan fingerprint density at radius 3 is 2.21 bits per heavy atom. The molecule has 1 aliphatic heterocycles. The molecule has 1 heterocycles. The summed E-state index contributed by atoms with van der Waals surface area (Å²) in [6.45, 7) is 0.914. The molecule has 1 saturated heterocycles. The fraction of sp³-hybridized carbons (Fsp3) is 0.316. The van der Waals surface area contributed by atoms with Crippen LogP contribution in [0.4, 0.5) is 0 Å². The van der Waals surface area contributed by atoms with E-state index in [-0.39, 0.29) is 11.2 Å². The van der Waals surface area contributed by atoms with E-state index in [1.165, 1.54) is 0 Å². The second-order valence-electron chi connectivity index (χ2n) is 6.64. The lowest BCUT2D eigenvalue weighted by atomic mass is 9.74. The molecule has 2 aliphatic rings. The van der Waals surface area contributed by atoms with Gasteiger partial charge >= 0.3 is 0 Å². The Balaban J connectivity index is 1.60. The van der Waals surface area contributed by atoms with Gasteiger partial charge in [-0.25, -0.2) is 8.42 Å². The number of carbonyl (C=O) groups is 1. The third kappa shape index (κ3) is 2.31. The lowest BCUT2D eigenvalue weighted by Crippen LogP contribution is -2.44. The number of sulfonamides is 1. The second-order valence-corrected chi connectivity index (χ2v) is 8.58. The summed E-state index contributed by atoms with van der Waals surface area (Å²) in [5, 5.41) is 0. The monoisotopic (exact) mass is 341 g/mol. The highest BCUT2D eigenvalue weighted by atomic mass is 32.2. The highest BCUT2D eigenvalue weighted by molar-refractivity contribution is 7.89. The average molecular weight is 341 g/mol. The molecule has 2 aromatic carbocycles. The smallest absolute Gasteiger partial charge is 0.243 e. The molecule has 2 aromatic rings. The van der Waals surface area contributed by atoms with Crippen LogP contribution in [-0.2, 0) is 15.4 Å².